The number of amides is 1. The van der Waals surface area contributed by atoms with E-state index in [1.807, 2.05) is 21.1 Å². The fraction of sp³-hybridized carbons (Fsp3) is 0.981. The molecule has 3 unspecified atom stereocenters. The molecular weight excluding hydrogens is 792 g/mol. The van der Waals surface area contributed by atoms with Crippen molar-refractivity contribution in [3.05, 3.63) is 0 Å². The molecule has 0 rings (SSSR count). The molecule has 0 aliphatic heterocycles. The molecule has 0 radical (unpaired) electrons. The van der Waals surface area contributed by atoms with Crippen molar-refractivity contribution in [3.8, 4) is 0 Å². The Labute approximate surface area is 387 Å². The number of nitrogens with zero attached hydrogens (tertiary/aromatic N) is 1. The van der Waals surface area contributed by atoms with E-state index >= 15 is 0 Å². The minimum Gasteiger partial charge on any atom is -0.391 e. The lowest BCUT2D eigenvalue weighted by Crippen LogP contribution is -2.46. The molecule has 0 aliphatic carbocycles. The van der Waals surface area contributed by atoms with E-state index in [0.717, 1.165) is 38.5 Å². The molecular formula is C53H110N2O6P+. The molecule has 0 saturated heterocycles. The number of hydrogen-bond donors (Lipinski definition) is 3. The zero-order chi connectivity index (χ0) is 45.7. The number of quaternary nitrogens is 1. The molecule has 62 heavy (non-hydrogen) atoms. The number of rotatable bonds is 51. The Hall–Kier alpha value is -0.500. The first-order valence-electron chi connectivity index (χ1n) is 27.4. The first-order chi connectivity index (χ1) is 30.0. The average molecular weight is 902 g/mol. The topological polar surface area (TPSA) is 105 Å². The van der Waals surface area contributed by atoms with Gasteiger partial charge in [-0.25, -0.2) is 4.57 Å². The molecule has 372 valence electrons. The highest BCUT2D eigenvalue weighted by molar-refractivity contribution is 7.47. The maximum absolute atomic E-state index is 12.9. The molecule has 0 aliphatic rings. The lowest BCUT2D eigenvalue weighted by atomic mass is 10.0. The molecule has 0 aromatic carbocycles. The van der Waals surface area contributed by atoms with Crippen LogP contribution in [-0.4, -0.2) is 73.4 Å². The van der Waals surface area contributed by atoms with Gasteiger partial charge in [0.1, 0.15) is 13.2 Å². The predicted octanol–water partition coefficient (Wildman–Crippen LogP) is 16.1. The molecule has 8 nitrogen and oxygen atoms in total. The Morgan fingerprint density at radius 1 is 0.484 bits per heavy atom. The predicted molar refractivity (Wildman–Crippen MR) is 268 cm³/mol. The molecule has 0 spiro atoms. The molecule has 0 aromatic heterocycles. The number of aliphatic hydroxyl groups excluding tert-OH is 1. The van der Waals surface area contributed by atoms with Crippen LogP contribution in [0.5, 0.6) is 0 Å². The minimum atomic E-state index is -4.31. The molecule has 9 heteroatoms. The van der Waals surface area contributed by atoms with E-state index in [4.69, 9.17) is 9.05 Å². The van der Waals surface area contributed by atoms with Crippen LogP contribution in [0.2, 0.25) is 0 Å². The van der Waals surface area contributed by atoms with Crippen LogP contribution in [0.3, 0.4) is 0 Å². The van der Waals surface area contributed by atoms with Crippen molar-refractivity contribution in [1.29, 1.82) is 0 Å². The number of hydrogen-bond acceptors (Lipinski definition) is 5. The number of phosphoric acid groups is 1. The average Bonchev–Trinajstić information content (AvgIpc) is 3.23. The largest absolute Gasteiger partial charge is 0.472 e. The summed E-state index contributed by atoms with van der Waals surface area (Å²) in [5.41, 5.74) is 0. The number of likely N-dealkylation sites (N-methyl/N-ethyl adjacent to an activating group) is 1. The SMILES string of the molecule is CCCCCCCCCCCCCCCCCCCCCCCCCCCCCCCC(=O)NC(COP(=O)(O)OCC[N+](C)(C)C)C(O)CCCCCCCCCCCCC. The van der Waals surface area contributed by atoms with Crippen LogP contribution in [0, 0.1) is 0 Å². The van der Waals surface area contributed by atoms with Crippen LogP contribution in [0.4, 0.5) is 0 Å². The first kappa shape index (κ1) is 61.5. The van der Waals surface area contributed by atoms with Crippen molar-refractivity contribution < 1.29 is 32.9 Å². The quantitative estimate of drug-likeness (QED) is 0.0319. The third-order valence-electron chi connectivity index (χ3n) is 12.9. The van der Waals surface area contributed by atoms with Crippen molar-refractivity contribution in [3.63, 3.8) is 0 Å². The van der Waals surface area contributed by atoms with Gasteiger partial charge < -0.3 is 19.8 Å². The minimum absolute atomic E-state index is 0.0786. The van der Waals surface area contributed by atoms with Gasteiger partial charge in [-0.05, 0) is 12.8 Å². The Kier molecular flexibility index (Phi) is 45.3. The van der Waals surface area contributed by atoms with Crippen LogP contribution in [-0.2, 0) is 18.4 Å². The molecule has 0 saturated carbocycles. The number of carbonyl (C=O) groups excluding carboxylic acids is 1. The summed E-state index contributed by atoms with van der Waals surface area (Å²) in [7, 11) is 1.63. The molecule has 0 fully saturated rings. The summed E-state index contributed by atoms with van der Waals surface area (Å²) in [6.07, 6.45) is 53.1. The normalized spacial score (nSPS) is 14.0. The fourth-order valence-electron chi connectivity index (χ4n) is 8.52. The van der Waals surface area contributed by atoms with Crippen molar-refractivity contribution >= 4 is 13.7 Å². The van der Waals surface area contributed by atoms with Crippen LogP contribution in [0.15, 0.2) is 0 Å². The van der Waals surface area contributed by atoms with Gasteiger partial charge in [0.25, 0.3) is 0 Å². The number of aliphatic hydroxyl groups is 1. The number of carbonyl (C=O) groups is 1. The summed E-state index contributed by atoms with van der Waals surface area (Å²) in [4.78, 5) is 23.2. The third-order valence-corrected chi connectivity index (χ3v) is 13.8. The third kappa shape index (κ3) is 47.5. The smallest absolute Gasteiger partial charge is 0.391 e. The van der Waals surface area contributed by atoms with Crippen molar-refractivity contribution in [2.24, 2.45) is 0 Å². The summed E-state index contributed by atoms with van der Waals surface area (Å²) in [6.45, 7) is 4.92. The van der Waals surface area contributed by atoms with E-state index in [-0.39, 0.29) is 19.1 Å². The van der Waals surface area contributed by atoms with E-state index in [9.17, 15) is 19.4 Å². The summed E-state index contributed by atoms with van der Waals surface area (Å²) in [5, 5.41) is 14.0. The van der Waals surface area contributed by atoms with Crippen LogP contribution in [0.25, 0.3) is 0 Å². The van der Waals surface area contributed by atoms with E-state index in [0.29, 0.717) is 23.9 Å². The van der Waals surface area contributed by atoms with E-state index < -0.39 is 20.0 Å². The lowest BCUT2D eigenvalue weighted by molar-refractivity contribution is -0.870. The summed E-state index contributed by atoms with van der Waals surface area (Å²) in [5.74, 6) is -0.139. The van der Waals surface area contributed by atoms with Crippen molar-refractivity contribution in [1.82, 2.24) is 5.32 Å². The fourth-order valence-corrected chi connectivity index (χ4v) is 9.26. The molecule has 1 amide bonds. The maximum Gasteiger partial charge on any atom is 0.472 e. The van der Waals surface area contributed by atoms with Crippen molar-refractivity contribution in [2.75, 3.05) is 40.9 Å². The maximum atomic E-state index is 12.9. The van der Waals surface area contributed by atoms with E-state index in [1.165, 1.54) is 218 Å². The number of phosphoric ester groups is 1. The Morgan fingerprint density at radius 3 is 1.08 bits per heavy atom. The Bertz CT molecular complexity index is 978. The second kappa shape index (κ2) is 45.6. The van der Waals surface area contributed by atoms with Gasteiger partial charge >= 0.3 is 7.82 Å². The second-order valence-corrected chi connectivity index (χ2v) is 21.8. The van der Waals surface area contributed by atoms with E-state index in [2.05, 4.69) is 19.2 Å². The molecule has 3 N–H and O–H groups in total. The summed E-state index contributed by atoms with van der Waals surface area (Å²) >= 11 is 0. The number of nitrogens with one attached hydrogen (secondary N) is 1. The van der Waals surface area contributed by atoms with Crippen LogP contribution >= 0.6 is 7.82 Å². The van der Waals surface area contributed by atoms with Gasteiger partial charge in [-0.15, -0.1) is 0 Å². The van der Waals surface area contributed by atoms with Gasteiger partial charge in [-0.3, -0.25) is 13.8 Å². The zero-order valence-electron chi connectivity index (χ0n) is 42.4. The highest BCUT2D eigenvalue weighted by Gasteiger charge is 2.28. The van der Waals surface area contributed by atoms with Gasteiger partial charge in [-0.1, -0.05) is 264 Å². The molecule has 0 bridgehead atoms. The summed E-state index contributed by atoms with van der Waals surface area (Å²) in [6, 6.07) is -0.753. The molecule has 0 aromatic rings. The van der Waals surface area contributed by atoms with Gasteiger partial charge in [-0.2, -0.15) is 0 Å². The Morgan fingerprint density at radius 2 is 0.774 bits per heavy atom. The van der Waals surface area contributed by atoms with Gasteiger partial charge in [0.2, 0.25) is 5.91 Å². The second-order valence-electron chi connectivity index (χ2n) is 20.3. The molecule has 3 atom stereocenters. The highest BCUT2D eigenvalue weighted by Crippen LogP contribution is 2.43. The zero-order valence-corrected chi connectivity index (χ0v) is 43.3. The van der Waals surface area contributed by atoms with E-state index in [1.54, 1.807) is 0 Å². The van der Waals surface area contributed by atoms with Crippen LogP contribution < -0.4 is 5.32 Å². The monoisotopic (exact) mass is 902 g/mol. The first-order valence-corrected chi connectivity index (χ1v) is 28.9. The summed E-state index contributed by atoms with van der Waals surface area (Å²) < 4.78 is 23.7. The van der Waals surface area contributed by atoms with Crippen molar-refractivity contribution in [2.45, 2.75) is 296 Å². The lowest BCUT2D eigenvalue weighted by Gasteiger charge is -2.26. The van der Waals surface area contributed by atoms with Gasteiger partial charge in [0.15, 0.2) is 0 Å². The van der Waals surface area contributed by atoms with Gasteiger partial charge in [0, 0.05) is 6.42 Å². The number of unbranched alkanes of at least 4 members (excludes halogenated alkanes) is 38. The highest BCUT2D eigenvalue weighted by atomic mass is 31.2. The van der Waals surface area contributed by atoms with Gasteiger partial charge in [0.05, 0.1) is 39.9 Å². The Balaban J connectivity index is 3.96. The standard InChI is InChI=1S/C53H109N2O6P/c1-6-8-10-12-14-16-18-19-20-21-22-23-24-25-26-27-28-29-30-31-32-33-34-35-37-39-41-43-45-47-53(57)54-51(50-61-62(58,59)60-49-48-55(3,4)5)52(56)46-44-42-40-38-36-17-15-13-11-9-7-2/h51-52,56H,6-50H2,1-5H3,(H-,54,57,58,59)/p+1. The molecule has 0 heterocycles. The van der Waals surface area contributed by atoms with Crippen LogP contribution in [0.1, 0.15) is 284 Å².